The Morgan fingerprint density at radius 1 is 1.41 bits per heavy atom. The number of aliphatic hydroxyl groups excluding tert-OH is 1. The Kier molecular flexibility index (Phi) is 5.98. The molecule has 1 aromatic heterocycles. The fourth-order valence-electron chi connectivity index (χ4n) is 2.85. The van der Waals surface area contributed by atoms with Gasteiger partial charge in [0, 0.05) is 18.2 Å². The maximum absolute atomic E-state index is 12.3. The average Bonchev–Trinajstić information content (AvgIpc) is 3.10. The SMILES string of the molecule is C#CCOC1CC(n2ccc(NC(=O)c3ccccc3)nc2=O)OC1CO. The van der Waals surface area contributed by atoms with E-state index >= 15 is 0 Å². The molecule has 2 N–H and O–H groups in total. The summed E-state index contributed by atoms with van der Waals surface area (Å²) in [6.45, 7) is -0.159. The highest BCUT2D eigenvalue weighted by molar-refractivity contribution is 6.03. The first-order chi connectivity index (χ1) is 13.1. The van der Waals surface area contributed by atoms with Crippen LogP contribution in [0.5, 0.6) is 0 Å². The standard InChI is InChI=1S/C19H19N3O5/c1-2-10-26-14-11-17(27-15(14)12-23)22-9-8-16(21-19(22)25)20-18(24)13-6-4-3-5-7-13/h1,3-9,14-15,17,23H,10-12H2,(H,20,21,24,25). The molecule has 0 saturated carbocycles. The predicted octanol–water partition coefficient (Wildman–Crippen LogP) is 0.794. The summed E-state index contributed by atoms with van der Waals surface area (Å²) in [7, 11) is 0. The number of aromatic nitrogens is 2. The molecule has 8 heteroatoms. The lowest BCUT2D eigenvalue weighted by Gasteiger charge is -2.15. The van der Waals surface area contributed by atoms with Crippen molar-refractivity contribution in [3.63, 3.8) is 0 Å². The van der Waals surface area contributed by atoms with E-state index < -0.39 is 24.1 Å². The fraction of sp³-hybridized carbons (Fsp3) is 0.316. The minimum absolute atomic E-state index is 0.0921. The second-order valence-corrected chi connectivity index (χ2v) is 5.92. The van der Waals surface area contributed by atoms with Crippen molar-refractivity contribution in [3.05, 3.63) is 58.6 Å². The van der Waals surface area contributed by atoms with Crippen LogP contribution in [-0.2, 0) is 9.47 Å². The molecule has 0 aliphatic carbocycles. The molecule has 0 radical (unpaired) electrons. The summed E-state index contributed by atoms with van der Waals surface area (Å²) < 4.78 is 12.4. The first-order valence-corrected chi connectivity index (χ1v) is 8.39. The van der Waals surface area contributed by atoms with Crippen molar-refractivity contribution in [1.29, 1.82) is 0 Å². The zero-order valence-electron chi connectivity index (χ0n) is 14.4. The zero-order valence-corrected chi connectivity index (χ0v) is 14.4. The average molecular weight is 369 g/mol. The lowest BCUT2D eigenvalue weighted by atomic mass is 10.2. The number of ether oxygens (including phenoxy) is 2. The third kappa shape index (κ3) is 4.41. The molecule has 2 aromatic rings. The molecular weight excluding hydrogens is 350 g/mol. The highest BCUT2D eigenvalue weighted by Gasteiger charge is 2.37. The largest absolute Gasteiger partial charge is 0.394 e. The molecule has 3 rings (SSSR count). The van der Waals surface area contributed by atoms with Crippen molar-refractivity contribution in [2.45, 2.75) is 24.9 Å². The molecule has 0 spiro atoms. The molecule has 1 aromatic carbocycles. The highest BCUT2D eigenvalue weighted by Crippen LogP contribution is 2.29. The number of hydrogen-bond donors (Lipinski definition) is 2. The van der Waals surface area contributed by atoms with Gasteiger partial charge in [-0.2, -0.15) is 4.98 Å². The van der Waals surface area contributed by atoms with Crippen LogP contribution in [0.1, 0.15) is 23.0 Å². The molecule has 3 atom stereocenters. The van der Waals surface area contributed by atoms with Gasteiger partial charge in [-0.25, -0.2) is 4.79 Å². The van der Waals surface area contributed by atoms with Crippen molar-refractivity contribution in [2.75, 3.05) is 18.5 Å². The topological polar surface area (TPSA) is 103 Å². The van der Waals surface area contributed by atoms with Gasteiger partial charge in [0.2, 0.25) is 0 Å². The summed E-state index contributed by atoms with van der Waals surface area (Å²) in [6.07, 6.45) is 5.39. The van der Waals surface area contributed by atoms with Gasteiger partial charge in [0.05, 0.1) is 12.7 Å². The molecule has 1 aliphatic heterocycles. The molecular formula is C19H19N3O5. The lowest BCUT2D eigenvalue weighted by Crippen LogP contribution is -2.29. The van der Waals surface area contributed by atoms with E-state index in [1.807, 2.05) is 0 Å². The number of carbonyl (C=O) groups excluding carboxylic acids is 1. The van der Waals surface area contributed by atoms with Gasteiger partial charge in [-0.1, -0.05) is 24.1 Å². The van der Waals surface area contributed by atoms with Crippen molar-refractivity contribution in [2.24, 2.45) is 0 Å². The summed E-state index contributed by atoms with van der Waals surface area (Å²) in [5.41, 5.74) is -0.123. The van der Waals surface area contributed by atoms with Gasteiger partial charge in [-0.15, -0.1) is 6.42 Å². The second-order valence-electron chi connectivity index (χ2n) is 5.92. The molecule has 1 aliphatic rings. The maximum Gasteiger partial charge on any atom is 0.351 e. The van der Waals surface area contributed by atoms with Gasteiger partial charge in [-0.05, 0) is 18.2 Å². The van der Waals surface area contributed by atoms with Crippen LogP contribution in [-0.4, -0.2) is 46.0 Å². The van der Waals surface area contributed by atoms with E-state index in [1.165, 1.54) is 16.8 Å². The molecule has 1 saturated heterocycles. The quantitative estimate of drug-likeness (QED) is 0.730. The third-order valence-corrected chi connectivity index (χ3v) is 4.16. The summed E-state index contributed by atoms with van der Waals surface area (Å²) >= 11 is 0. The Labute approximate surface area is 155 Å². The molecule has 1 fully saturated rings. The minimum atomic E-state index is -0.635. The smallest absolute Gasteiger partial charge is 0.351 e. The van der Waals surface area contributed by atoms with Crippen LogP contribution in [0.15, 0.2) is 47.4 Å². The highest BCUT2D eigenvalue weighted by atomic mass is 16.6. The Morgan fingerprint density at radius 3 is 2.85 bits per heavy atom. The van der Waals surface area contributed by atoms with Crippen LogP contribution in [0.4, 0.5) is 5.82 Å². The Morgan fingerprint density at radius 2 is 2.19 bits per heavy atom. The number of amides is 1. The summed E-state index contributed by atoms with van der Waals surface area (Å²) in [6, 6.07) is 10.1. The second kappa shape index (κ2) is 8.60. The molecule has 2 heterocycles. The molecule has 1 amide bonds. The molecule has 8 nitrogen and oxygen atoms in total. The van der Waals surface area contributed by atoms with Crippen LogP contribution in [0, 0.1) is 12.3 Å². The first kappa shape index (κ1) is 18.8. The van der Waals surface area contributed by atoms with E-state index in [0.717, 1.165) is 0 Å². The third-order valence-electron chi connectivity index (χ3n) is 4.16. The van der Waals surface area contributed by atoms with E-state index in [4.69, 9.17) is 15.9 Å². The van der Waals surface area contributed by atoms with Crippen molar-refractivity contribution in [1.82, 2.24) is 9.55 Å². The lowest BCUT2D eigenvalue weighted by molar-refractivity contribution is -0.0575. The maximum atomic E-state index is 12.3. The molecule has 27 heavy (non-hydrogen) atoms. The van der Waals surface area contributed by atoms with Crippen molar-refractivity contribution in [3.8, 4) is 12.3 Å². The van der Waals surface area contributed by atoms with Gasteiger partial charge in [0.25, 0.3) is 5.91 Å². The zero-order chi connectivity index (χ0) is 19.2. The number of aliphatic hydroxyl groups is 1. The summed E-state index contributed by atoms with van der Waals surface area (Å²) in [4.78, 5) is 28.4. The van der Waals surface area contributed by atoms with Gasteiger partial charge >= 0.3 is 5.69 Å². The molecule has 0 bridgehead atoms. The molecule has 140 valence electrons. The van der Waals surface area contributed by atoms with E-state index in [9.17, 15) is 14.7 Å². The van der Waals surface area contributed by atoms with Crippen molar-refractivity contribution >= 4 is 11.7 Å². The Hall–Kier alpha value is -2.99. The summed E-state index contributed by atoms with van der Waals surface area (Å²) in [5.74, 6) is 2.14. The normalized spacial score (nSPS) is 21.6. The minimum Gasteiger partial charge on any atom is -0.394 e. The number of hydrogen-bond acceptors (Lipinski definition) is 6. The van der Waals surface area contributed by atoms with Gasteiger partial charge in [-0.3, -0.25) is 9.36 Å². The summed E-state index contributed by atoms with van der Waals surface area (Å²) in [5, 5.41) is 12.0. The van der Waals surface area contributed by atoms with Crippen LogP contribution in [0.2, 0.25) is 0 Å². The number of nitrogens with zero attached hydrogens (tertiary/aromatic N) is 2. The number of nitrogens with one attached hydrogen (secondary N) is 1. The van der Waals surface area contributed by atoms with E-state index in [0.29, 0.717) is 12.0 Å². The van der Waals surface area contributed by atoms with Crippen LogP contribution < -0.4 is 11.0 Å². The number of benzene rings is 1. The van der Waals surface area contributed by atoms with E-state index in [1.54, 1.807) is 30.3 Å². The Balaban J connectivity index is 1.71. The van der Waals surface area contributed by atoms with Gasteiger partial charge in [0.1, 0.15) is 24.8 Å². The number of terminal acetylenes is 1. The van der Waals surface area contributed by atoms with Gasteiger partial charge in [0.15, 0.2) is 0 Å². The van der Waals surface area contributed by atoms with E-state index in [-0.39, 0.29) is 24.9 Å². The predicted molar refractivity (Wildman–Crippen MR) is 97.1 cm³/mol. The van der Waals surface area contributed by atoms with Crippen LogP contribution in [0.25, 0.3) is 0 Å². The van der Waals surface area contributed by atoms with E-state index in [2.05, 4.69) is 16.2 Å². The Bertz CT molecular complexity index is 890. The molecule has 3 unspecified atom stereocenters. The van der Waals surface area contributed by atoms with Crippen LogP contribution in [0.3, 0.4) is 0 Å². The number of carbonyl (C=O) groups is 1. The number of anilines is 1. The fourth-order valence-corrected chi connectivity index (χ4v) is 2.85. The van der Waals surface area contributed by atoms with Gasteiger partial charge < -0.3 is 19.9 Å². The monoisotopic (exact) mass is 369 g/mol. The number of rotatable bonds is 6. The first-order valence-electron chi connectivity index (χ1n) is 8.39. The van der Waals surface area contributed by atoms with Crippen LogP contribution >= 0.6 is 0 Å². The van der Waals surface area contributed by atoms with Crippen molar-refractivity contribution < 1.29 is 19.4 Å².